The summed E-state index contributed by atoms with van der Waals surface area (Å²) in [7, 11) is 0. The standard InChI is InChI=1S/C48H31NOS/c1-2-10-32(11-3-1)33-20-22-34(23-21-33)35-24-28-37(29-25-35)49(44-17-9-15-42-40-12-4-6-18-45(40)50-47(42)44)38-30-26-36(27-31-38)39-14-8-16-43-41-13-5-7-19-46(41)51-48(39)43/h1-31H. The van der Waals surface area contributed by atoms with Crippen molar-refractivity contribution in [2.24, 2.45) is 0 Å². The van der Waals surface area contributed by atoms with Gasteiger partial charge in [0.2, 0.25) is 0 Å². The van der Waals surface area contributed by atoms with Crippen LogP contribution >= 0.6 is 11.3 Å². The van der Waals surface area contributed by atoms with Crippen LogP contribution in [0.1, 0.15) is 0 Å². The minimum Gasteiger partial charge on any atom is -0.454 e. The van der Waals surface area contributed by atoms with E-state index in [2.05, 4.69) is 181 Å². The lowest BCUT2D eigenvalue weighted by molar-refractivity contribution is 0.669. The molecule has 51 heavy (non-hydrogen) atoms. The molecule has 10 aromatic rings. The highest BCUT2D eigenvalue weighted by atomic mass is 32.1. The van der Waals surface area contributed by atoms with Crippen molar-refractivity contribution in [2.45, 2.75) is 0 Å². The normalized spacial score (nSPS) is 11.5. The molecule has 0 saturated heterocycles. The highest BCUT2D eigenvalue weighted by Gasteiger charge is 2.20. The lowest BCUT2D eigenvalue weighted by Crippen LogP contribution is -2.10. The average molecular weight is 670 g/mol. The SMILES string of the molecule is c1ccc(-c2ccc(-c3ccc(N(c4ccc(-c5cccc6c5sc5ccccc56)cc4)c4cccc5c4oc4ccccc45)cc3)cc2)cc1. The first-order valence-electron chi connectivity index (χ1n) is 17.3. The van der Waals surface area contributed by atoms with Crippen LogP contribution in [0, 0.1) is 0 Å². The monoisotopic (exact) mass is 669 g/mol. The van der Waals surface area contributed by atoms with Crippen molar-refractivity contribution in [3.63, 3.8) is 0 Å². The fourth-order valence-corrected chi connectivity index (χ4v) is 8.63. The maximum Gasteiger partial charge on any atom is 0.159 e. The van der Waals surface area contributed by atoms with E-state index in [0.717, 1.165) is 39.0 Å². The van der Waals surface area contributed by atoms with Crippen LogP contribution in [0.25, 0.3) is 75.5 Å². The number of benzene rings is 8. The second-order valence-corrected chi connectivity index (χ2v) is 14.0. The number of thiophene rings is 1. The van der Waals surface area contributed by atoms with Crippen LogP contribution in [0.4, 0.5) is 17.1 Å². The number of hydrogen-bond acceptors (Lipinski definition) is 3. The molecule has 0 atom stereocenters. The molecule has 10 rings (SSSR count). The van der Waals surface area contributed by atoms with Gasteiger partial charge in [0.1, 0.15) is 5.58 Å². The first-order valence-corrected chi connectivity index (χ1v) is 18.1. The first kappa shape index (κ1) is 29.5. The molecule has 0 N–H and O–H groups in total. The molecular weight excluding hydrogens is 639 g/mol. The van der Waals surface area contributed by atoms with Gasteiger partial charge in [-0.2, -0.15) is 0 Å². The number of para-hydroxylation sites is 2. The van der Waals surface area contributed by atoms with Gasteiger partial charge in [-0.15, -0.1) is 11.3 Å². The number of hydrogen-bond donors (Lipinski definition) is 0. The molecule has 0 saturated carbocycles. The van der Waals surface area contributed by atoms with E-state index in [0.29, 0.717) is 0 Å². The predicted octanol–water partition coefficient (Wildman–Crippen LogP) is 14.4. The maximum absolute atomic E-state index is 6.58. The van der Waals surface area contributed by atoms with Gasteiger partial charge in [-0.05, 0) is 75.8 Å². The van der Waals surface area contributed by atoms with Crippen molar-refractivity contribution in [2.75, 3.05) is 4.90 Å². The van der Waals surface area contributed by atoms with E-state index >= 15 is 0 Å². The largest absolute Gasteiger partial charge is 0.454 e. The Labute approximate surface area is 300 Å². The zero-order valence-corrected chi connectivity index (χ0v) is 28.5. The van der Waals surface area contributed by atoms with Crippen LogP contribution in [0.15, 0.2) is 192 Å². The molecule has 0 radical (unpaired) electrons. The van der Waals surface area contributed by atoms with Crippen LogP contribution in [-0.2, 0) is 0 Å². The number of fused-ring (bicyclic) bond motifs is 6. The van der Waals surface area contributed by atoms with Crippen molar-refractivity contribution in [1.82, 2.24) is 0 Å². The summed E-state index contributed by atoms with van der Waals surface area (Å²) >= 11 is 1.87. The minimum atomic E-state index is 0.874. The van der Waals surface area contributed by atoms with Gasteiger partial charge in [-0.3, -0.25) is 0 Å². The summed E-state index contributed by atoms with van der Waals surface area (Å²) in [6, 6.07) is 67.3. The lowest BCUT2D eigenvalue weighted by Gasteiger charge is -2.26. The van der Waals surface area contributed by atoms with Gasteiger partial charge in [0.05, 0.1) is 5.69 Å². The fourth-order valence-electron chi connectivity index (χ4n) is 7.39. The highest BCUT2D eigenvalue weighted by Crippen LogP contribution is 2.44. The Morgan fingerprint density at radius 1 is 0.373 bits per heavy atom. The average Bonchev–Trinajstić information content (AvgIpc) is 3.78. The van der Waals surface area contributed by atoms with Crippen LogP contribution < -0.4 is 4.90 Å². The Kier molecular flexibility index (Phi) is 7.04. The molecule has 0 aliphatic carbocycles. The molecular formula is C48H31NOS. The number of furan rings is 1. The van der Waals surface area contributed by atoms with Crippen molar-refractivity contribution in [1.29, 1.82) is 0 Å². The highest BCUT2D eigenvalue weighted by molar-refractivity contribution is 7.26. The van der Waals surface area contributed by atoms with Gasteiger partial charge >= 0.3 is 0 Å². The van der Waals surface area contributed by atoms with Crippen LogP contribution in [0.2, 0.25) is 0 Å². The molecule has 0 aliphatic rings. The van der Waals surface area contributed by atoms with Crippen molar-refractivity contribution >= 4 is 70.5 Å². The third-order valence-corrected chi connectivity index (χ3v) is 11.1. The van der Waals surface area contributed by atoms with E-state index in [9.17, 15) is 0 Å². The van der Waals surface area contributed by atoms with Crippen LogP contribution in [0.5, 0.6) is 0 Å². The van der Waals surface area contributed by atoms with Gasteiger partial charge in [0.15, 0.2) is 5.58 Å². The smallest absolute Gasteiger partial charge is 0.159 e. The topological polar surface area (TPSA) is 16.4 Å². The molecule has 0 unspecified atom stereocenters. The number of rotatable bonds is 6. The van der Waals surface area contributed by atoms with E-state index < -0.39 is 0 Å². The molecule has 0 aliphatic heterocycles. The Bertz CT molecular complexity index is 2830. The summed E-state index contributed by atoms with van der Waals surface area (Å²) in [5, 5.41) is 4.86. The molecule has 2 nitrogen and oxygen atoms in total. The minimum absolute atomic E-state index is 0.874. The second-order valence-electron chi connectivity index (χ2n) is 12.9. The Hall–Kier alpha value is -6.42. The first-order chi connectivity index (χ1) is 25.3. The summed E-state index contributed by atoms with van der Waals surface area (Å²) in [5.74, 6) is 0. The van der Waals surface area contributed by atoms with E-state index in [4.69, 9.17) is 4.42 Å². The predicted molar refractivity (Wildman–Crippen MR) is 218 cm³/mol. The number of nitrogens with zero attached hydrogens (tertiary/aromatic N) is 1. The van der Waals surface area contributed by atoms with Crippen LogP contribution in [0.3, 0.4) is 0 Å². The molecule has 2 heterocycles. The summed E-state index contributed by atoms with van der Waals surface area (Å²) in [5.41, 5.74) is 12.2. The zero-order valence-electron chi connectivity index (χ0n) is 27.7. The molecule has 0 spiro atoms. The van der Waals surface area contributed by atoms with E-state index in [1.165, 1.54) is 53.6 Å². The Balaban J connectivity index is 1.07. The zero-order chi connectivity index (χ0) is 33.7. The van der Waals surface area contributed by atoms with Crippen molar-refractivity contribution in [3.05, 3.63) is 188 Å². The molecule has 240 valence electrons. The third kappa shape index (κ3) is 5.10. The molecule has 3 heteroatoms. The van der Waals surface area contributed by atoms with Gasteiger partial charge in [-0.1, -0.05) is 146 Å². The second kappa shape index (κ2) is 12.2. The van der Waals surface area contributed by atoms with Gasteiger partial charge in [0.25, 0.3) is 0 Å². The quantitative estimate of drug-likeness (QED) is 0.175. The van der Waals surface area contributed by atoms with Gasteiger partial charge in [0, 0.05) is 42.3 Å². The molecule has 0 bridgehead atoms. The maximum atomic E-state index is 6.58. The molecule has 0 fully saturated rings. The summed E-state index contributed by atoms with van der Waals surface area (Å²) in [6.07, 6.45) is 0. The third-order valence-electron chi connectivity index (χ3n) is 9.92. The van der Waals surface area contributed by atoms with E-state index in [1.807, 2.05) is 23.5 Å². The summed E-state index contributed by atoms with van der Waals surface area (Å²) in [6.45, 7) is 0. The Morgan fingerprint density at radius 2 is 0.902 bits per heavy atom. The van der Waals surface area contributed by atoms with Gasteiger partial charge < -0.3 is 9.32 Å². The number of anilines is 3. The van der Waals surface area contributed by atoms with Gasteiger partial charge in [-0.25, -0.2) is 0 Å². The molecule has 2 aromatic heterocycles. The Morgan fingerprint density at radius 3 is 1.63 bits per heavy atom. The van der Waals surface area contributed by atoms with E-state index in [1.54, 1.807) is 0 Å². The van der Waals surface area contributed by atoms with E-state index in [-0.39, 0.29) is 0 Å². The van der Waals surface area contributed by atoms with Crippen molar-refractivity contribution in [3.8, 4) is 33.4 Å². The lowest BCUT2D eigenvalue weighted by atomic mass is 10.00. The fraction of sp³-hybridized carbons (Fsp3) is 0. The van der Waals surface area contributed by atoms with Crippen LogP contribution in [-0.4, -0.2) is 0 Å². The summed E-state index contributed by atoms with van der Waals surface area (Å²) in [4.78, 5) is 2.32. The van der Waals surface area contributed by atoms with Crippen molar-refractivity contribution < 1.29 is 4.42 Å². The molecule has 8 aromatic carbocycles. The molecule has 0 amide bonds. The summed E-state index contributed by atoms with van der Waals surface area (Å²) < 4.78 is 9.22.